The predicted octanol–water partition coefficient (Wildman–Crippen LogP) is 1.38. The Morgan fingerprint density at radius 1 is 1.32 bits per heavy atom. The van der Waals surface area contributed by atoms with E-state index in [2.05, 4.69) is 15.4 Å². The van der Waals surface area contributed by atoms with Crippen LogP contribution in [0.4, 0.5) is 13.6 Å². The molecule has 1 aliphatic rings. The first-order chi connectivity index (χ1) is 9.02. The van der Waals surface area contributed by atoms with Gasteiger partial charge in [-0.05, 0) is 17.7 Å². The molecule has 7 heteroatoms. The molecule has 1 heterocycles. The Labute approximate surface area is 107 Å². The molecule has 0 unspecified atom stereocenters. The van der Waals surface area contributed by atoms with Gasteiger partial charge in [0.2, 0.25) is 0 Å². The van der Waals surface area contributed by atoms with E-state index in [1.54, 1.807) is 0 Å². The minimum atomic E-state index is -1.06. The zero-order valence-corrected chi connectivity index (χ0v) is 9.87. The molecule has 0 aromatic heterocycles. The van der Waals surface area contributed by atoms with Gasteiger partial charge in [-0.25, -0.2) is 18.4 Å². The number of hydrogen-bond acceptors (Lipinski definition) is 3. The highest BCUT2D eigenvalue weighted by Gasteiger charge is 2.29. The highest BCUT2D eigenvalue weighted by Crippen LogP contribution is 2.25. The number of nitrogens with one attached hydrogen (secondary N) is 2. The number of methoxy groups -OCH3 is 1. The minimum Gasteiger partial charge on any atom is -0.466 e. The van der Waals surface area contributed by atoms with E-state index in [1.165, 1.54) is 19.4 Å². The maximum atomic E-state index is 13.2. The average molecular weight is 268 g/mol. The number of hydrogen-bond donors (Lipinski definition) is 2. The summed E-state index contributed by atoms with van der Waals surface area (Å²) in [6, 6.07) is 1.68. The molecule has 0 spiro atoms. The first kappa shape index (κ1) is 13.0. The number of esters is 1. The molecule has 1 aromatic rings. The highest BCUT2D eigenvalue weighted by atomic mass is 19.2. The van der Waals surface area contributed by atoms with E-state index < -0.39 is 29.7 Å². The van der Waals surface area contributed by atoms with Crippen LogP contribution in [0.15, 0.2) is 30.0 Å². The molecule has 0 radical (unpaired) electrons. The summed E-state index contributed by atoms with van der Waals surface area (Å²) < 4.78 is 30.7. The summed E-state index contributed by atoms with van der Waals surface area (Å²) in [5, 5.41) is 4.73. The van der Waals surface area contributed by atoms with Gasteiger partial charge in [-0.3, -0.25) is 0 Å². The van der Waals surface area contributed by atoms with Crippen LogP contribution < -0.4 is 10.6 Å². The molecule has 2 rings (SSSR count). The number of amides is 2. The summed E-state index contributed by atoms with van der Waals surface area (Å²) in [6.45, 7) is 0. The van der Waals surface area contributed by atoms with Gasteiger partial charge in [-0.15, -0.1) is 0 Å². The van der Waals surface area contributed by atoms with Crippen molar-refractivity contribution in [2.75, 3.05) is 7.11 Å². The standard InChI is InChI=1S/C12H10F2N2O3/c1-19-11(17)7-5-15-12(18)16-10(7)6-2-3-8(13)9(14)4-6/h2-5,10H,1H3,(H2,15,16,18)/t10-/m0/s1. The fourth-order valence-electron chi connectivity index (χ4n) is 1.73. The van der Waals surface area contributed by atoms with Crippen molar-refractivity contribution < 1.29 is 23.1 Å². The molecule has 19 heavy (non-hydrogen) atoms. The van der Waals surface area contributed by atoms with Gasteiger partial charge in [-0.2, -0.15) is 0 Å². The Balaban J connectivity index is 2.41. The maximum Gasteiger partial charge on any atom is 0.337 e. The molecule has 0 bridgehead atoms. The number of rotatable bonds is 2. The molecule has 2 amide bonds. The van der Waals surface area contributed by atoms with Crippen LogP contribution in [0.5, 0.6) is 0 Å². The Morgan fingerprint density at radius 3 is 2.68 bits per heavy atom. The maximum absolute atomic E-state index is 13.2. The summed E-state index contributed by atoms with van der Waals surface area (Å²) in [5.74, 6) is -2.75. The summed E-state index contributed by atoms with van der Waals surface area (Å²) in [5.41, 5.74) is 0.332. The molecule has 2 N–H and O–H groups in total. The number of ether oxygens (including phenoxy) is 1. The second-order valence-corrected chi connectivity index (χ2v) is 3.82. The normalized spacial score (nSPS) is 18.2. The van der Waals surface area contributed by atoms with Crippen molar-refractivity contribution in [3.63, 3.8) is 0 Å². The zero-order valence-electron chi connectivity index (χ0n) is 9.87. The number of carbonyl (C=O) groups excluding carboxylic acids is 2. The molecule has 1 aliphatic heterocycles. The fraction of sp³-hybridized carbons (Fsp3) is 0.167. The summed E-state index contributed by atoms with van der Waals surface area (Å²) in [6.07, 6.45) is 1.18. The van der Waals surface area contributed by atoms with E-state index in [4.69, 9.17) is 0 Å². The Bertz CT molecular complexity index is 572. The molecule has 0 saturated heterocycles. The van der Waals surface area contributed by atoms with E-state index in [9.17, 15) is 18.4 Å². The Morgan fingerprint density at radius 2 is 2.05 bits per heavy atom. The third-order valence-corrected chi connectivity index (χ3v) is 2.64. The van der Waals surface area contributed by atoms with Crippen LogP contribution in [0, 0.1) is 11.6 Å². The van der Waals surface area contributed by atoms with Gasteiger partial charge in [0.25, 0.3) is 0 Å². The quantitative estimate of drug-likeness (QED) is 0.796. The lowest BCUT2D eigenvalue weighted by atomic mass is 9.98. The average Bonchev–Trinajstić information content (AvgIpc) is 2.41. The van der Waals surface area contributed by atoms with Crippen molar-refractivity contribution in [3.05, 3.63) is 47.2 Å². The fourth-order valence-corrected chi connectivity index (χ4v) is 1.73. The van der Waals surface area contributed by atoms with Gasteiger partial charge in [0.05, 0.1) is 18.7 Å². The predicted molar refractivity (Wildman–Crippen MR) is 60.9 cm³/mol. The van der Waals surface area contributed by atoms with Crippen molar-refractivity contribution in [1.29, 1.82) is 0 Å². The molecule has 0 aliphatic carbocycles. The lowest BCUT2D eigenvalue weighted by molar-refractivity contribution is -0.136. The van der Waals surface area contributed by atoms with E-state index in [0.717, 1.165) is 12.1 Å². The van der Waals surface area contributed by atoms with Crippen molar-refractivity contribution in [2.45, 2.75) is 6.04 Å². The summed E-state index contributed by atoms with van der Waals surface area (Å²) in [4.78, 5) is 22.8. The molecule has 1 atom stereocenters. The summed E-state index contributed by atoms with van der Waals surface area (Å²) in [7, 11) is 1.18. The molecule has 1 aromatic carbocycles. The molecular formula is C12H10F2N2O3. The van der Waals surface area contributed by atoms with Crippen LogP contribution in [-0.2, 0) is 9.53 Å². The zero-order chi connectivity index (χ0) is 14.0. The van der Waals surface area contributed by atoms with Crippen molar-refractivity contribution in [2.24, 2.45) is 0 Å². The van der Waals surface area contributed by atoms with Gasteiger partial charge < -0.3 is 15.4 Å². The van der Waals surface area contributed by atoms with E-state index >= 15 is 0 Å². The van der Waals surface area contributed by atoms with Crippen LogP contribution in [0.2, 0.25) is 0 Å². The van der Waals surface area contributed by atoms with E-state index in [0.29, 0.717) is 0 Å². The second kappa shape index (κ2) is 5.05. The third-order valence-electron chi connectivity index (χ3n) is 2.64. The molecule has 0 fully saturated rings. The van der Waals surface area contributed by atoms with E-state index in [-0.39, 0.29) is 11.1 Å². The van der Waals surface area contributed by atoms with Crippen LogP contribution in [0.25, 0.3) is 0 Å². The molecule has 5 nitrogen and oxygen atoms in total. The number of urea groups is 1. The van der Waals surface area contributed by atoms with Crippen molar-refractivity contribution in [3.8, 4) is 0 Å². The monoisotopic (exact) mass is 268 g/mol. The lowest BCUT2D eigenvalue weighted by Crippen LogP contribution is -2.42. The number of halogens is 2. The summed E-state index contributed by atoms with van der Waals surface area (Å²) >= 11 is 0. The third kappa shape index (κ3) is 2.54. The molecule has 0 saturated carbocycles. The van der Waals surface area contributed by atoms with Crippen LogP contribution in [0.3, 0.4) is 0 Å². The van der Waals surface area contributed by atoms with Gasteiger partial charge in [-0.1, -0.05) is 6.07 Å². The van der Waals surface area contributed by atoms with E-state index in [1.807, 2.05) is 0 Å². The smallest absolute Gasteiger partial charge is 0.337 e. The first-order valence-corrected chi connectivity index (χ1v) is 5.33. The van der Waals surface area contributed by atoms with Crippen LogP contribution >= 0.6 is 0 Å². The number of carbonyl (C=O) groups is 2. The van der Waals surface area contributed by atoms with Crippen molar-refractivity contribution in [1.82, 2.24) is 10.6 Å². The highest BCUT2D eigenvalue weighted by molar-refractivity contribution is 5.93. The van der Waals surface area contributed by atoms with Gasteiger partial charge >= 0.3 is 12.0 Å². The second-order valence-electron chi connectivity index (χ2n) is 3.82. The molecular weight excluding hydrogens is 258 g/mol. The van der Waals surface area contributed by atoms with Crippen molar-refractivity contribution >= 4 is 12.0 Å². The van der Waals surface area contributed by atoms with Gasteiger partial charge in [0.15, 0.2) is 11.6 Å². The Hall–Kier alpha value is -2.44. The molecule has 100 valence electrons. The number of benzene rings is 1. The Kier molecular flexibility index (Phi) is 3.46. The van der Waals surface area contributed by atoms with Gasteiger partial charge in [0.1, 0.15) is 0 Å². The van der Waals surface area contributed by atoms with Gasteiger partial charge in [0, 0.05) is 6.20 Å². The van der Waals surface area contributed by atoms with Crippen LogP contribution in [0.1, 0.15) is 11.6 Å². The first-order valence-electron chi connectivity index (χ1n) is 5.33. The largest absolute Gasteiger partial charge is 0.466 e. The SMILES string of the molecule is COC(=O)C1=CNC(=O)N[C@H]1c1ccc(F)c(F)c1. The lowest BCUT2D eigenvalue weighted by Gasteiger charge is -2.24. The van der Waals surface area contributed by atoms with Crippen LogP contribution in [-0.4, -0.2) is 19.1 Å². The topological polar surface area (TPSA) is 67.4 Å². The minimum absolute atomic E-state index is 0.0908.